The minimum atomic E-state index is -0.909. The number of nitrogens with zero attached hydrogens (tertiary/aromatic N) is 2. The first-order valence-corrected chi connectivity index (χ1v) is 7.66. The van der Waals surface area contributed by atoms with Crippen LogP contribution in [0.5, 0.6) is 0 Å². The lowest BCUT2D eigenvalue weighted by Crippen LogP contribution is -2.15. The number of hydrogen-bond donors (Lipinski definition) is 1. The van der Waals surface area contributed by atoms with E-state index in [4.69, 9.17) is 5.73 Å². The van der Waals surface area contributed by atoms with Crippen LogP contribution < -0.4 is 5.73 Å². The molecule has 0 saturated heterocycles. The summed E-state index contributed by atoms with van der Waals surface area (Å²) in [5.74, 6) is -1.80. The molecule has 0 aliphatic rings. The number of aromatic nitrogens is 2. The third kappa shape index (κ3) is 3.49. The lowest BCUT2D eigenvalue weighted by atomic mass is 10.0. The summed E-state index contributed by atoms with van der Waals surface area (Å²) in [6.07, 6.45) is 3.37. The fourth-order valence-corrected chi connectivity index (χ4v) is 2.70. The molecule has 21 heavy (non-hydrogen) atoms. The summed E-state index contributed by atoms with van der Waals surface area (Å²) in [6, 6.07) is 4.37. The molecule has 0 amide bonds. The number of halogens is 3. The molecule has 1 aromatic carbocycles. The second-order valence-electron chi connectivity index (χ2n) is 5.12. The van der Waals surface area contributed by atoms with E-state index < -0.39 is 17.7 Å². The second kappa shape index (κ2) is 6.66. The molecule has 0 aliphatic heterocycles. The van der Waals surface area contributed by atoms with Crippen molar-refractivity contribution in [1.29, 1.82) is 0 Å². The lowest BCUT2D eigenvalue weighted by molar-refractivity contribution is 0.471. The molecule has 2 rings (SSSR count). The van der Waals surface area contributed by atoms with Gasteiger partial charge < -0.3 is 5.73 Å². The van der Waals surface area contributed by atoms with Gasteiger partial charge >= 0.3 is 0 Å². The molecule has 1 heterocycles. The molecular formula is C15H18BrF2N3. The Morgan fingerprint density at radius 2 is 2.05 bits per heavy atom. The van der Waals surface area contributed by atoms with Crippen LogP contribution in [-0.4, -0.2) is 9.78 Å². The fourth-order valence-electron chi connectivity index (χ4n) is 2.08. The van der Waals surface area contributed by atoms with Crippen molar-refractivity contribution >= 4 is 15.9 Å². The van der Waals surface area contributed by atoms with E-state index in [1.54, 1.807) is 0 Å². The summed E-state index contributed by atoms with van der Waals surface area (Å²) in [7, 11) is 0. The van der Waals surface area contributed by atoms with Crippen molar-refractivity contribution < 1.29 is 8.78 Å². The minimum Gasteiger partial charge on any atom is -0.324 e. The van der Waals surface area contributed by atoms with Crippen LogP contribution in [-0.2, 0) is 6.42 Å². The molecule has 2 atom stereocenters. The number of nitrogens with two attached hydrogens (primary N) is 1. The summed E-state index contributed by atoms with van der Waals surface area (Å²) in [4.78, 5) is 0. The fraction of sp³-hybridized carbons (Fsp3) is 0.400. The Kier molecular flexibility index (Phi) is 5.11. The molecule has 1 aromatic heterocycles. The molecule has 0 bridgehead atoms. The highest BCUT2D eigenvalue weighted by molar-refractivity contribution is 9.10. The highest BCUT2D eigenvalue weighted by Crippen LogP contribution is 2.28. The average Bonchev–Trinajstić information content (AvgIpc) is 2.92. The van der Waals surface area contributed by atoms with Crippen molar-refractivity contribution in [2.24, 2.45) is 5.73 Å². The van der Waals surface area contributed by atoms with Crippen molar-refractivity contribution in [3.63, 3.8) is 0 Å². The zero-order chi connectivity index (χ0) is 15.6. The topological polar surface area (TPSA) is 43.8 Å². The molecule has 0 aliphatic carbocycles. The van der Waals surface area contributed by atoms with Gasteiger partial charge in [-0.05, 0) is 47.0 Å². The highest BCUT2D eigenvalue weighted by atomic mass is 79.9. The van der Waals surface area contributed by atoms with E-state index in [0.717, 1.165) is 18.2 Å². The Labute approximate surface area is 131 Å². The maximum absolute atomic E-state index is 13.5. The van der Waals surface area contributed by atoms with Gasteiger partial charge in [0, 0.05) is 24.7 Å². The quantitative estimate of drug-likeness (QED) is 0.817. The smallest absolute Gasteiger partial charge is 0.173 e. The SMILES string of the molecule is CCC(C)n1ccc(CC(N)c2ccc(F)c(F)c2Br)n1. The molecule has 2 unspecified atom stereocenters. The molecule has 6 heteroatoms. The predicted octanol–water partition coefficient (Wildman–Crippen LogP) is 4.14. The van der Waals surface area contributed by atoms with Gasteiger partial charge in [-0.15, -0.1) is 0 Å². The molecule has 2 aromatic rings. The van der Waals surface area contributed by atoms with Crippen LogP contribution in [0.1, 0.15) is 43.6 Å². The molecule has 114 valence electrons. The van der Waals surface area contributed by atoms with Crippen molar-refractivity contribution in [2.75, 3.05) is 0 Å². The molecule has 0 fully saturated rings. The van der Waals surface area contributed by atoms with Gasteiger partial charge in [-0.1, -0.05) is 13.0 Å². The molecule has 0 saturated carbocycles. The van der Waals surface area contributed by atoms with Crippen LogP contribution in [0.15, 0.2) is 28.9 Å². The van der Waals surface area contributed by atoms with E-state index in [9.17, 15) is 8.78 Å². The van der Waals surface area contributed by atoms with Gasteiger partial charge in [0.25, 0.3) is 0 Å². The van der Waals surface area contributed by atoms with Crippen molar-refractivity contribution in [1.82, 2.24) is 9.78 Å². The first-order valence-electron chi connectivity index (χ1n) is 6.87. The normalized spacial score (nSPS) is 14.2. The first-order chi connectivity index (χ1) is 9.93. The van der Waals surface area contributed by atoms with E-state index in [0.29, 0.717) is 18.0 Å². The van der Waals surface area contributed by atoms with Gasteiger partial charge in [-0.25, -0.2) is 8.78 Å². The van der Waals surface area contributed by atoms with Crippen molar-refractivity contribution in [2.45, 2.75) is 38.8 Å². The standard InChI is InChI=1S/C15H18BrF2N3/c1-3-9(2)21-7-6-10(20-21)8-13(19)11-4-5-12(17)15(18)14(11)16/h4-7,9,13H,3,8,19H2,1-2H3. The van der Waals surface area contributed by atoms with Gasteiger partial charge in [0.05, 0.1) is 10.2 Å². The number of rotatable bonds is 5. The van der Waals surface area contributed by atoms with Crippen LogP contribution in [0.3, 0.4) is 0 Å². The van der Waals surface area contributed by atoms with Gasteiger partial charge in [0.2, 0.25) is 0 Å². The van der Waals surface area contributed by atoms with E-state index >= 15 is 0 Å². The van der Waals surface area contributed by atoms with E-state index in [1.165, 1.54) is 6.07 Å². The van der Waals surface area contributed by atoms with E-state index in [-0.39, 0.29) is 4.47 Å². The Morgan fingerprint density at radius 3 is 2.71 bits per heavy atom. The largest absolute Gasteiger partial charge is 0.324 e. The van der Waals surface area contributed by atoms with E-state index in [1.807, 2.05) is 16.9 Å². The average molecular weight is 358 g/mol. The second-order valence-corrected chi connectivity index (χ2v) is 5.91. The van der Waals surface area contributed by atoms with Gasteiger partial charge in [0.15, 0.2) is 11.6 Å². The Hall–Kier alpha value is -1.27. The van der Waals surface area contributed by atoms with Crippen LogP contribution in [0.4, 0.5) is 8.78 Å². The number of hydrogen-bond acceptors (Lipinski definition) is 2. The molecule has 2 N–H and O–H groups in total. The molecule has 0 spiro atoms. The van der Waals surface area contributed by atoms with Crippen LogP contribution in [0.2, 0.25) is 0 Å². The zero-order valence-corrected chi connectivity index (χ0v) is 13.6. The monoisotopic (exact) mass is 357 g/mol. The van der Waals surface area contributed by atoms with E-state index in [2.05, 4.69) is 34.9 Å². The Bertz CT molecular complexity index is 627. The van der Waals surface area contributed by atoms with Crippen molar-refractivity contribution in [3.8, 4) is 0 Å². The third-order valence-electron chi connectivity index (χ3n) is 3.60. The predicted molar refractivity (Wildman–Crippen MR) is 81.9 cm³/mol. The third-order valence-corrected chi connectivity index (χ3v) is 4.41. The molecule has 0 radical (unpaired) electrons. The summed E-state index contributed by atoms with van der Waals surface area (Å²) >= 11 is 3.06. The maximum atomic E-state index is 13.5. The van der Waals surface area contributed by atoms with Crippen LogP contribution in [0.25, 0.3) is 0 Å². The molecule has 3 nitrogen and oxygen atoms in total. The lowest BCUT2D eigenvalue weighted by Gasteiger charge is -2.14. The maximum Gasteiger partial charge on any atom is 0.173 e. The van der Waals surface area contributed by atoms with Crippen molar-refractivity contribution in [3.05, 3.63) is 51.8 Å². The number of benzene rings is 1. The first kappa shape index (κ1) is 16.1. The highest BCUT2D eigenvalue weighted by Gasteiger charge is 2.17. The molecular weight excluding hydrogens is 340 g/mol. The minimum absolute atomic E-state index is 0.0800. The zero-order valence-electron chi connectivity index (χ0n) is 12.0. The van der Waals surface area contributed by atoms with Crippen LogP contribution in [0, 0.1) is 11.6 Å². The summed E-state index contributed by atoms with van der Waals surface area (Å²) in [5.41, 5.74) is 7.46. The summed E-state index contributed by atoms with van der Waals surface area (Å²) in [6.45, 7) is 4.18. The van der Waals surface area contributed by atoms with Crippen LogP contribution >= 0.6 is 15.9 Å². The van der Waals surface area contributed by atoms with Gasteiger partial charge in [-0.3, -0.25) is 4.68 Å². The summed E-state index contributed by atoms with van der Waals surface area (Å²) in [5, 5.41) is 4.47. The van der Waals surface area contributed by atoms with Gasteiger partial charge in [0.1, 0.15) is 0 Å². The Balaban J connectivity index is 2.16. The Morgan fingerprint density at radius 1 is 1.33 bits per heavy atom. The van der Waals surface area contributed by atoms with Gasteiger partial charge in [-0.2, -0.15) is 5.10 Å². The summed E-state index contributed by atoms with van der Waals surface area (Å²) < 4.78 is 28.6.